The van der Waals surface area contributed by atoms with Gasteiger partial charge < -0.3 is 65.3 Å². The molecule has 1 aliphatic rings. The van der Waals surface area contributed by atoms with Crippen molar-refractivity contribution in [1.29, 1.82) is 0 Å². The van der Waals surface area contributed by atoms with Crippen LogP contribution in [0.5, 0.6) is 0 Å². The topological polar surface area (TPSA) is 358 Å². The molecule has 1 fully saturated rings. The van der Waals surface area contributed by atoms with Crippen molar-refractivity contribution in [3.8, 4) is 0 Å². The number of nitrogens with two attached hydrogens (primary N) is 5. The van der Waals surface area contributed by atoms with Gasteiger partial charge in [-0.3, -0.25) is 38.6 Å². The number of hydrogen-bond donors (Lipinski definition) is 12. The number of aromatic nitrogens is 1. The van der Waals surface area contributed by atoms with Gasteiger partial charge in [0.2, 0.25) is 35.4 Å². The van der Waals surface area contributed by atoms with Gasteiger partial charge in [-0.1, -0.05) is 109 Å². The minimum absolute atomic E-state index is 0.0308. The number of H-pyrrole nitrogens is 1. The number of hydrogen-bond acceptors (Lipinski definition) is 10. The van der Waals surface area contributed by atoms with E-state index in [0.29, 0.717) is 43.4 Å². The number of carboxylic acids is 1. The van der Waals surface area contributed by atoms with E-state index in [1.165, 1.54) is 0 Å². The maximum Gasteiger partial charge on any atom is 0.305 e. The van der Waals surface area contributed by atoms with Gasteiger partial charge in [-0.25, -0.2) is 0 Å². The van der Waals surface area contributed by atoms with Crippen LogP contribution in [0.15, 0.2) is 126 Å². The Morgan fingerprint density at radius 3 is 1.73 bits per heavy atom. The van der Waals surface area contributed by atoms with Gasteiger partial charge in [0.1, 0.15) is 29.7 Å². The van der Waals surface area contributed by atoms with E-state index in [1.807, 2.05) is 84.9 Å². The predicted octanol–water partition coefficient (Wildman–Crippen LogP) is 1.78. The van der Waals surface area contributed by atoms with Crippen LogP contribution < -0.4 is 55.3 Å². The average Bonchev–Trinajstić information content (AvgIpc) is 3.82. The van der Waals surface area contributed by atoms with Crippen LogP contribution in [0.3, 0.4) is 0 Å². The first-order valence-corrected chi connectivity index (χ1v) is 25.3. The number of rotatable bonds is 27. The lowest BCUT2D eigenvalue weighted by molar-refractivity contribution is -0.141. The predicted molar refractivity (Wildman–Crippen MR) is 285 cm³/mol. The van der Waals surface area contributed by atoms with Crippen molar-refractivity contribution in [1.82, 2.24) is 31.6 Å². The first kappa shape index (κ1) is 56.2. The summed E-state index contributed by atoms with van der Waals surface area (Å²) in [6.45, 7) is 0.448. The second-order valence-corrected chi connectivity index (χ2v) is 19.2. The fraction of sp³-hybridized carbons (Fsp3) is 0.382. The molecule has 20 heteroatoms. The molecule has 1 aromatic heterocycles. The first-order valence-electron chi connectivity index (χ1n) is 25.3. The molecule has 0 aliphatic heterocycles. The average molecular weight is 1030 g/mol. The van der Waals surface area contributed by atoms with Crippen LogP contribution in [0.25, 0.3) is 10.9 Å². The Kier molecular flexibility index (Phi) is 20.0. The Bertz CT molecular complexity index is 2720. The standard InChI is InChI=1S/C55H70N12O8/c56-29-13-12-23-42(47(58)70)63-51(74)45(32-36-34-62-41-22-11-10-21-39(36)41)65-49(72)43(24-14-30-61-53(59)60)64-50(73)44(31-35-15-4-1-5-16-35)66-52(75)55(67-48(71)40(57)33-46(68)69)27-25-54(26-28-55,37-17-6-2-7-18-37)38-19-8-3-9-20-38/h1-11,15-22,34,40,42-45,62H,12-14,23-33,56-57H2,(H2,58,70)(H,63,74)(H,64,73)(H,65,72)(H,66,75)(H,67,71)(H,68,69)(H4,59,60,61)/t40-,42-,43-,44+,45-/m0/s1. The molecule has 4 aromatic carbocycles. The highest BCUT2D eigenvalue weighted by atomic mass is 16.4. The van der Waals surface area contributed by atoms with Crippen LogP contribution in [0.4, 0.5) is 0 Å². The number of fused-ring (bicyclic) bond motifs is 1. The first-order chi connectivity index (χ1) is 36.0. The van der Waals surface area contributed by atoms with E-state index in [4.69, 9.17) is 28.7 Å². The van der Waals surface area contributed by atoms with Gasteiger partial charge in [-0.2, -0.15) is 0 Å². The number of amides is 6. The summed E-state index contributed by atoms with van der Waals surface area (Å²) in [4.78, 5) is 104. The zero-order chi connectivity index (χ0) is 54.0. The number of aromatic amines is 1. The van der Waals surface area contributed by atoms with E-state index in [9.17, 15) is 33.9 Å². The largest absolute Gasteiger partial charge is 0.481 e. The van der Waals surface area contributed by atoms with Crippen molar-refractivity contribution >= 4 is 58.3 Å². The Hall–Kier alpha value is -8.10. The van der Waals surface area contributed by atoms with E-state index in [1.54, 1.807) is 36.5 Å². The van der Waals surface area contributed by atoms with Gasteiger partial charge in [-0.05, 0) is 92.7 Å². The van der Waals surface area contributed by atoms with Gasteiger partial charge >= 0.3 is 5.97 Å². The molecule has 17 N–H and O–H groups in total. The third kappa shape index (κ3) is 15.2. The van der Waals surface area contributed by atoms with Gasteiger partial charge in [0.15, 0.2) is 5.96 Å². The number of carboxylic acid groups (broad SMARTS) is 1. The third-order valence-electron chi connectivity index (χ3n) is 14.0. The second kappa shape index (κ2) is 26.7. The molecule has 75 heavy (non-hydrogen) atoms. The smallest absolute Gasteiger partial charge is 0.305 e. The molecule has 5 atom stereocenters. The van der Waals surface area contributed by atoms with Gasteiger partial charge in [-0.15, -0.1) is 0 Å². The summed E-state index contributed by atoms with van der Waals surface area (Å²) in [5, 5.41) is 24.5. The summed E-state index contributed by atoms with van der Waals surface area (Å²) in [7, 11) is 0. The number of aliphatic carboxylic acids is 1. The number of benzene rings is 4. The van der Waals surface area contributed by atoms with E-state index in [0.717, 1.165) is 22.0 Å². The fourth-order valence-corrected chi connectivity index (χ4v) is 9.83. The summed E-state index contributed by atoms with van der Waals surface area (Å²) in [6, 6.07) is 29.4. The summed E-state index contributed by atoms with van der Waals surface area (Å²) >= 11 is 0. The molecule has 398 valence electrons. The van der Waals surface area contributed by atoms with Crippen LogP contribution in [-0.4, -0.2) is 106 Å². The van der Waals surface area contributed by atoms with E-state index >= 15 is 4.79 Å². The molecule has 0 bridgehead atoms. The van der Waals surface area contributed by atoms with Crippen molar-refractivity contribution in [2.75, 3.05) is 13.1 Å². The number of nitrogens with one attached hydrogen (secondary N) is 6. The number of carbonyl (C=O) groups is 7. The zero-order valence-electron chi connectivity index (χ0n) is 42.0. The lowest BCUT2D eigenvalue weighted by Crippen LogP contribution is -2.66. The number of carbonyl (C=O) groups excluding carboxylic acids is 6. The number of guanidine groups is 1. The van der Waals surface area contributed by atoms with E-state index in [2.05, 4.69) is 36.6 Å². The molecule has 20 nitrogen and oxygen atoms in total. The highest BCUT2D eigenvalue weighted by Gasteiger charge is 2.50. The lowest BCUT2D eigenvalue weighted by Gasteiger charge is -2.47. The Balaban J connectivity index is 1.33. The summed E-state index contributed by atoms with van der Waals surface area (Å²) in [6.07, 6.45) is 3.23. The van der Waals surface area contributed by atoms with Gasteiger partial charge in [0.25, 0.3) is 0 Å². The highest BCUT2D eigenvalue weighted by Crippen LogP contribution is 2.48. The van der Waals surface area contributed by atoms with Gasteiger partial charge in [0, 0.05) is 41.9 Å². The molecule has 1 heterocycles. The summed E-state index contributed by atoms with van der Waals surface area (Å²) in [5.41, 5.74) is 30.6. The Morgan fingerprint density at radius 1 is 0.613 bits per heavy atom. The van der Waals surface area contributed by atoms with Crippen molar-refractivity contribution < 1.29 is 38.7 Å². The number of para-hydroxylation sites is 1. The van der Waals surface area contributed by atoms with Gasteiger partial charge in [0.05, 0.1) is 12.5 Å². The Labute approximate surface area is 435 Å². The molecule has 6 amide bonds. The number of primary amides is 1. The molecule has 0 unspecified atom stereocenters. The van der Waals surface area contributed by atoms with Crippen molar-refractivity contribution in [2.45, 2.75) is 118 Å². The third-order valence-corrected chi connectivity index (χ3v) is 14.0. The number of nitrogens with zero attached hydrogens (tertiary/aromatic N) is 1. The van der Waals surface area contributed by atoms with Crippen LogP contribution >= 0.6 is 0 Å². The quantitative estimate of drug-likeness (QED) is 0.0204. The van der Waals surface area contributed by atoms with Crippen molar-refractivity contribution in [2.24, 2.45) is 33.7 Å². The maximum atomic E-state index is 15.2. The summed E-state index contributed by atoms with van der Waals surface area (Å²) < 4.78 is 0. The van der Waals surface area contributed by atoms with E-state index in [-0.39, 0.29) is 57.5 Å². The van der Waals surface area contributed by atoms with Crippen molar-refractivity contribution in [3.05, 3.63) is 144 Å². The van der Waals surface area contributed by atoms with Crippen LogP contribution in [-0.2, 0) is 51.8 Å². The number of aliphatic imine (C=N–C) groups is 1. The molecule has 1 saturated carbocycles. The normalized spacial score (nSPS) is 15.7. The molecule has 0 spiro atoms. The minimum atomic E-state index is -1.68. The highest BCUT2D eigenvalue weighted by molar-refractivity contribution is 5.99. The molecular formula is C55H70N12O8. The second-order valence-electron chi connectivity index (χ2n) is 19.2. The molecule has 6 rings (SSSR count). The zero-order valence-corrected chi connectivity index (χ0v) is 42.0. The molecule has 5 aromatic rings. The van der Waals surface area contributed by atoms with E-state index < -0.39 is 89.0 Å². The number of unbranched alkanes of at least 4 members (excludes halogenated alkanes) is 1. The molecule has 0 radical (unpaired) electrons. The minimum Gasteiger partial charge on any atom is -0.481 e. The van der Waals surface area contributed by atoms with Crippen LogP contribution in [0.2, 0.25) is 0 Å². The molecular weight excluding hydrogens is 957 g/mol. The van der Waals surface area contributed by atoms with Crippen LogP contribution in [0, 0.1) is 0 Å². The summed E-state index contributed by atoms with van der Waals surface area (Å²) in [5.74, 6) is -6.07. The lowest BCUT2D eigenvalue weighted by atomic mass is 9.60. The SMILES string of the molecule is NCCCC[C@H](NC(=O)[C@H](Cc1c[nH]c2ccccc12)NC(=O)[C@H](CCCN=C(N)N)NC(=O)[C@@H](Cc1ccccc1)NC(=O)C1(NC(=O)[C@@H](N)CC(=O)O)CCC(c2ccccc2)(c2ccccc2)CC1)C(N)=O. The maximum absolute atomic E-state index is 15.2. The molecule has 1 aliphatic carbocycles. The fourth-order valence-electron chi connectivity index (χ4n) is 9.83. The molecule has 0 saturated heterocycles. The monoisotopic (exact) mass is 1030 g/mol. The Morgan fingerprint density at radius 2 is 1.15 bits per heavy atom. The van der Waals surface area contributed by atoms with Crippen molar-refractivity contribution in [3.63, 3.8) is 0 Å². The van der Waals surface area contributed by atoms with Crippen LogP contribution in [0.1, 0.15) is 86.5 Å².